The van der Waals surface area contributed by atoms with Gasteiger partial charge in [-0.15, -0.1) is 0 Å². The molecule has 1 aromatic rings. The maximum atomic E-state index is 12.7. The minimum absolute atomic E-state index is 0.0735. The van der Waals surface area contributed by atoms with E-state index >= 15 is 0 Å². The fourth-order valence-corrected chi connectivity index (χ4v) is 3.03. The van der Waals surface area contributed by atoms with E-state index in [4.69, 9.17) is 0 Å². The molecule has 0 aliphatic carbocycles. The standard InChI is InChI=1S/C17H26N4O2/c1-10(2)8-14-16(22)18-6-7-21(14)17(23)20-15-11(3)9-12(4)19-13(15)5/h9-10,14H,6-8H2,1-5H3,(H,18,22)(H,20,23). The number of nitrogens with zero attached hydrogens (tertiary/aromatic N) is 2. The van der Waals surface area contributed by atoms with Gasteiger partial charge in [-0.1, -0.05) is 13.8 Å². The van der Waals surface area contributed by atoms with E-state index < -0.39 is 6.04 Å². The van der Waals surface area contributed by atoms with E-state index in [-0.39, 0.29) is 11.9 Å². The van der Waals surface area contributed by atoms with Crippen molar-refractivity contribution in [3.05, 3.63) is 23.0 Å². The van der Waals surface area contributed by atoms with Crippen molar-refractivity contribution in [1.29, 1.82) is 0 Å². The lowest BCUT2D eigenvalue weighted by atomic mass is 10.0. The highest BCUT2D eigenvalue weighted by molar-refractivity contribution is 5.95. The van der Waals surface area contributed by atoms with Gasteiger partial charge in [0, 0.05) is 18.8 Å². The van der Waals surface area contributed by atoms with Crippen molar-refractivity contribution in [2.75, 3.05) is 18.4 Å². The summed E-state index contributed by atoms with van der Waals surface area (Å²) in [5.74, 6) is 0.263. The fraction of sp³-hybridized carbons (Fsp3) is 0.588. The molecule has 6 heteroatoms. The van der Waals surface area contributed by atoms with Crippen LogP contribution in [0.3, 0.4) is 0 Å². The van der Waals surface area contributed by atoms with Crippen LogP contribution >= 0.6 is 0 Å². The summed E-state index contributed by atoms with van der Waals surface area (Å²) in [5.41, 5.74) is 3.42. The van der Waals surface area contributed by atoms with Crippen molar-refractivity contribution in [2.45, 2.75) is 47.1 Å². The Bertz CT molecular complexity index is 590. The first-order valence-corrected chi connectivity index (χ1v) is 8.09. The molecule has 2 heterocycles. The second-order valence-corrected chi connectivity index (χ2v) is 6.60. The normalized spacial score (nSPS) is 18.1. The zero-order chi connectivity index (χ0) is 17.1. The van der Waals surface area contributed by atoms with E-state index in [1.807, 2.05) is 26.8 Å². The molecule has 2 rings (SSSR count). The van der Waals surface area contributed by atoms with Crippen LogP contribution in [0.25, 0.3) is 0 Å². The molecule has 1 atom stereocenters. The van der Waals surface area contributed by atoms with Gasteiger partial charge < -0.3 is 15.5 Å². The Balaban J connectivity index is 2.20. The molecule has 1 unspecified atom stereocenters. The number of aryl methyl sites for hydroxylation is 3. The highest BCUT2D eigenvalue weighted by atomic mass is 16.2. The third-order valence-corrected chi connectivity index (χ3v) is 4.04. The van der Waals surface area contributed by atoms with Crippen LogP contribution in [0.4, 0.5) is 10.5 Å². The second kappa shape index (κ2) is 6.98. The van der Waals surface area contributed by atoms with Crippen LogP contribution in [0.1, 0.15) is 37.2 Å². The molecule has 6 nitrogen and oxygen atoms in total. The average Bonchev–Trinajstić information content (AvgIpc) is 2.44. The van der Waals surface area contributed by atoms with Crippen LogP contribution in [0, 0.1) is 26.7 Å². The molecule has 1 aliphatic heterocycles. The largest absolute Gasteiger partial charge is 0.353 e. The Morgan fingerprint density at radius 3 is 2.74 bits per heavy atom. The van der Waals surface area contributed by atoms with Gasteiger partial charge in [0.1, 0.15) is 6.04 Å². The molecule has 0 radical (unpaired) electrons. The van der Waals surface area contributed by atoms with Crippen LogP contribution in [0.15, 0.2) is 6.07 Å². The number of hydrogen-bond acceptors (Lipinski definition) is 3. The van der Waals surface area contributed by atoms with Gasteiger partial charge in [-0.2, -0.15) is 0 Å². The Hall–Kier alpha value is -2.11. The molecule has 1 aliphatic rings. The van der Waals surface area contributed by atoms with Gasteiger partial charge in [-0.25, -0.2) is 4.79 Å². The van der Waals surface area contributed by atoms with E-state index in [1.54, 1.807) is 4.90 Å². The number of carbonyl (C=O) groups excluding carboxylic acids is 2. The number of pyridine rings is 1. The van der Waals surface area contributed by atoms with E-state index in [0.29, 0.717) is 25.4 Å². The van der Waals surface area contributed by atoms with Crippen LogP contribution in [0.5, 0.6) is 0 Å². The maximum Gasteiger partial charge on any atom is 0.322 e. The summed E-state index contributed by atoms with van der Waals surface area (Å²) in [6, 6.07) is 1.29. The minimum Gasteiger partial charge on any atom is -0.353 e. The van der Waals surface area contributed by atoms with E-state index in [2.05, 4.69) is 29.5 Å². The number of anilines is 1. The third kappa shape index (κ3) is 4.00. The predicted molar refractivity (Wildman–Crippen MR) is 90.4 cm³/mol. The summed E-state index contributed by atoms with van der Waals surface area (Å²) in [5, 5.41) is 5.79. The molecular formula is C17H26N4O2. The smallest absolute Gasteiger partial charge is 0.322 e. The van der Waals surface area contributed by atoms with Gasteiger partial charge in [0.2, 0.25) is 5.91 Å². The Morgan fingerprint density at radius 2 is 2.13 bits per heavy atom. The number of aromatic nitrogens is 1. The lowest BCUT2D eigenvalue weighted by molar-refractivity contribution is -0.128. The number of amides is 3. The molecule has 0 bridgehead atoms. The molecule has 126 valence electrons. The van der Waals surface area contributed by atoms with Gasteiger partial charge in [-0.05, 0) is 44.7 Å². The molecule has 23 heavy (non-hydrogen) atoms. The van der Waals surface area contributed by atoms with Gasteiger partial charge in [0.15, 0.2) is 0 Å². The van der Waals surface area contributed by atoms with Crippen LogP contribution < -0.4 is 10.6 Å². The molecule has 0 spiro atoms. The number of nitrogens with one attached hydrogen (secondary N) is 2. The van der Waals surface area contributed by atoms with Crippen LogP contribution in [-0.4, -0.2) is 41.0 Å². The highest BCUT2D eigenvalue weighted by Gasteiger charge is 2.33. The molecule has 1 saturated heterocycles. The molecule has 1 aromatic heterocycles. The molecule has 1 fully saturated rings. The van der Waals surface area contributed by atoms with Gasteiger partial charge in [-0.3, -0.25) is 9.78 Å². The summed E-state index contributed by atoms with van der Waals surface area (Å²) >= 11 is 0. The van der Waals surface area contributed by atoms with Crippen molar-refractivity contribution in [3.63, 3.8) is 0 Å². The van der Waals surface area contributed by atoms with Crippen LogP contribution in [-0.2, 0) is 4.79 Å². The number of rotatable bonds is 3. The first kappa shape index (κ1) is 17.2. The van der Waals surface area contributed by atoms with E-state index in [0.717, 1.165) is 22.6 Å². The number of piperazine rings is 1. The lowest BCUT2D eigenvalue weighted by Gasteiger charge is -2.36. The first-order valence-electron chi connectivity index (χ1n) is 8.09. The van der Waals surface area contributed by atoms with E-state index in [1.165, 1.54) is 0 Å². The van der Waals surface area contributed by atoms with Gasteiger partial charge in [0.25, 0.3) is 0 Å². The summed E-state index contributed by atoms with van der Waals surface area (Å²) in [6.45, 7) is 10.9. The second-order valence-electron chi connectivity index (χ2n) is 6.60. The van der Waals surface area contributed by atoms with Crippen molar-refractivity contribution in [1.82, 2.24) is 15.2 Å². The van der Waals surface area contributed by atoms with Gasteiger partial charge >= 0.3 is 6.03 Å². The molecule has 3 amide bonds. The third-order valence-electron chi connectivity index (χ3n) is 4.04. The fourth-order valence-electron chi connectivity index (χ4n) is 3.03. The Morgan fingerprint density at radius 1 is 1.43 bits per heavy atom. The van der Waals surface area contributed by atoms with Crippen LogP contribution in [0.2, 0.25) is 0 Å². The van der Waals surface area contributed by atoms with Crippen molar-refractivity contribution in [3.8, 4) is 0 Å². The lowest BCUT2D eigenvalue weighted by Crippen LogP contribution is -2.58. The zero-order valence-electron chi connectivity index (χ0n) is 14.6. The monoisotopic (exact) mass is 318 g/mol. The molecule has 0 aromatic carbocycles. The summed E-state index contributed by atoms with van der Waals surface area (Å²) in [7, 11) is 0. The van der Waals surface area contributed by atoms with Gasteiger partial charge in [0.05, 0.1) is 11.4 Å². The number of hydrogen-bond donors (Lipinski definition) is 2. The number of urea groups is 1. The number of carbonyl (C=O) groups is 2. The van der Waals surface area contributed by atoms with E-state index in [9.17, 15) is 9.59 Å². The topological polar surface area (TPSA) is 74.3 Å². The first-order chi connectivity index (χ1) is 10.8. The predicted octanol–water partition coefficient (Wildman–Crippen LogP) is 2.39. The SMILES string of the molecule is Cc1cc(C)c(NC(=O)N2CCNC(=O)C2CC(C)C)c(C)n1. The quantitative estimate of drug-likeness (QED) is 0.898. The van der Waals surface area contributed by atoms with Crippen molar-refractivity contribution >= 4 is 17.6 Å². The summed E-state index contributed by atoms with van der Waals surface area (Å²) in [4.78, 5) is 30.9. The van der Waals surface area contributed by atoms with Crippen molar-refractivity contribution < 1.29 is 9.59 Å². The molecular weight excluding hydrogens is 292 g/mol. The summed E-state index contributed by atoms with van der Waals surface area (Å²) < 4.78 is 0. The molecule has 2 N–H and O–H groups in total. The zero-order valence-corrected chi connectivity index (χ0v) is 14.6. The maximum absolute atomic E-state index is 12.7. The highest BCUT2D eigenvalue weighted by Crippen LogP contribution is 2.21. The average molecular weight is 318 g/mol. The minimum atomic E-state index is -0.414. The van der Waals surface area contributed by atoms with Crippen molar-refractivity contribution in [2.24, 2.45) is 5.92 Å². The molecule has 0 saturated carbocycles. The Labute approximate surface area is 137 Å². The summed E-state index contributed by atoms with van der Waals surface area (Å²) in [6.07, 6.45) is 0.656. The Kier molecular flexibility index (Phi) is 5.23.